The Kier molecular flexibility index (Phi) is 6.08. The number of nitrogens with one attached hydrogen (secondary N) is 1. The Morgan fingerprint density at radius 2 is 1.72 bits per heavy atom. The molecule has 2 aromatic rings. The zero-order valence-corrected chi connectivity index (χ0v) is 13.3. The second-order valence-electron chi connectivity index (χ2n) is 4.73. The average Bonchev–Trinajstić information content (AvgIpc) is 2.55. The van der Waals surface area contributed by atoms with Crippen LogP contribution < -0.4 is 14.8 Å². The lowest BCUT2D eigenvalue weighted by atomic mass is 10.3. The van der Waals surface area contributed by atoms with Crippen LogP contribution in [-0.4, -0.2) is 24.3 Å². The SMILES string of the molecule is O=C(COc1ccccc1F)Nc1ccccc1OC(F)(F)C(F)Cl. The van der Waals surface area contributed by atoms with Gasteiger partial charge in [0.05, 0.1) is 5.69 Å². The number of ether oxygens (including phenoxy) is 2. The number of carbonyl (C=O) groups is 1. The predicted octanol–water partition coefficient (Wildman–Crippen LogP) is 4.35. The number of hydrogen-bond acceptors (Lipinski definition) is 3. The molecule has 2 aromatic carbocycles. The van der Waals surface area contributed by atoms with Crippen molar-refractivity contribution in [2.45, 2.75) is 11.7 Å². The van der Waals surface area contributed by atoms with Crippen LogP contribution in [0.25, 0.3) is 0 Å². The monoisotopic (exact) mass is 377 g/mol. The molecule has 9 heteroatoms. The van der Waals surface area contributed by atoms with Crippen molar-refractivity contribution in [3.63, 3.8) is 0 Å². The first kappa shape index (κ1) is 18.9. The normalized spacial score (nSPS) is 12.4. The first-order valence-electron chi connectivity index (χ1n) is 6.91. The van der Waals surface area contributed by atoms with Gasteiger partial charge in [-0.15, -0.1) is 0 Å². The minimum atomic E-state index is -4.29. The van der Waals surface area contributed by atoms with Gasteiger partial charge in [-0.05, 0) is 24.3 Å². The van der Waals surface area contributed by atoms with Crippen molar-refractivity contribution in [3.8, 4) is 11.5 Å². The highest BCUT2D eigenvalue weighted by Crippen LogP contribution is 2.33. The fourth-order valence-electron chi connectivity index (χ4n) is 1.74. The van der Waals surface area contributed by atoms with Gasteiger partial charge < -0.3 is 14.8 Å². The second kappa shape index (κ2) is 8.06. The Bertz CT molecular complexity index is 743. The van der Waals surface area contributed by atoms with Crippen LogP contribution in [0.15, 0.2) is 48.5 Å². The summed E-state index contributed by atoms with van der Waals surface area (Å²) in [6, 6.07) is 10.6. The third-order valence-electron chi connectivity index (χ3n) is 2.86. The molecule has 0 radical (unpaired) electrons. The Morgan fingerprint density at radius 3 is 2.36 bits per heavy atom. The van der Waals surface area contributed by atoms with E-state index in [2.05, 4.69) is 10.1 Å². The fourth-order valence-corrected chi connectivity index (χ4v) is 1.79. The maximum atomic E-state index is 13.4. The van der Waals surface area contributed by atoms with E-state index in [9.17, 15) is 22.4 Å². The first-order chi connectivity index (χ1) is 11.8. The Hall–Kier alpha value is -2.48. The molecule has 0 aliphatic carbocycles. The zero-order valence-electron chi connectivity index (χ0n) is 12.5. The van der Waals surface area contributed by atoms with Crippen molar-refractivity contribution >= 4 is 23.2 Å². The Balaban J connectivity index is 2.02. The molecular weight excluding hydrogens is 366 g/mol. The van der Waals surface area contributed by atoms with E-state index >= 15 is 0 Å². The highest BCUT2D eigenvalue weighted by Gasteiger charge is 2.42. The summed E-state index contributed by atoms with van der Waals surface area (Å²) in [6.07, 6.45) is -4.29. The van der Waals surface area contributed by atoms with Gasteiger partial charge in [-0.1, -0.05) is 35.9 Å². The van der Waals surface area contributed by atoms with Crippen LogP contribution in [0.4, 0.5) is 23.2 Å². The van der Waals surface area contributed by atoms with Crippen molar-refractivity contribution in [2.24, 2.45) is 0 Å². The molecule has 0 saturated carbocycles. The van der Waals surface area contributed by atoms with Crippen LogP contribution in [0.5, 0.6) is 11.5 Å². The van der Waals surface area contributed by atoms with Crippen LogP contribution in [0.2, 0.25) is 0 Å². The van der Waals surface area contributed by atoms with Crippen molar-refractivity contribution in [1.82, 2.24) is 0 Å². The molecule has 0 heterocycles. The number of para-hydroxylation sites is 3. The number of carbonyl (C=O) groups excluding carboxylic acids is 1. The summed E-state index contributed by atoms with van der Waals surface area (Å²) in [6.45, 7) is -0.576. The van der Waals surface area contributed by atoms with Gasteiger partial charge in [-0.3, -0.25) is 4.79 Å². The molecule has 0 aliphatic rings. The maximum absolute atomic E-state index is 13.4. The minimum Gasteiger partial charge on any atom is -0.481 e. The summed E-state index contributed by atoms with van der Waals surface area (Å²) in [5, 5.41) is 2.25. The first-order valence-corrected chi connectivity index (χ1v) is 7.34. The maximum Gasteiger partial charge on any atom is 0.444 e. The topological polar surface area (TPSA) is 47.6 Å². The number of halogens is 5. The zero-order chi connectivity index (χ0) is 18.4. The summed E-state index contributed by atoms with van der Waals surface area (Å²) in [4.78, 5) is 11.8. The second-order valence-corrected chi connectivity index (χ2v) is 5.11. The summed E-state index contributed by atoms with van der Waals surface area (Å²) in [5.41, 5.74) is -3.22. The van der Waals surface area contributed by atoms with E-state index in [1.54, 1.807) is 0 Å². The van der Waals surface area contributed by atoms with E-state index < -0.39 is 35.8 Å². The van der Waals surface area contributed by atoms with Gasteiger partial charge in [0.2, 0.25) is 0 Å². The standard InChI is InChI=1S/C16H12ClF4NO3/c17-15(19)16(20,21)25-13-8-4-2-6-11(13)22-14(23)9-24-12-7-3-1-5-10(12)18/h1-8,15H,9H2,(H,22,23). The molecule has 1 unspecified atom stereocenters. The smallest absolute Gasteiger partial charge is 0.444 e. The van der Waals surface area contributed by atoms with Crippen LogP contribution in [-0.2, 0) is 4.79 Å². The largest absolute Gasteiger partial charge is 0.481 e. The van der Waals surface area contributed by atoms with Gasteiger partial charge in [-0.2, -0.15) is 8.78 Å². The number of rotatable bonds is 7. The van der Waals surface area contributed by atoms with E-state index in [-0.39, 0.29) is 11.4 Å². The van der Waals surface area contributed by atoms with E-state index in [4.69, 9.17) is 16.3 Å². The predicted molar refractivity (Wildman–Crippen MR) is 83.3 cm³/mol. The molecule has 1 atom stereocenters. The van der Waals surface area contributed by atoms with E-state index in [1.807, 2.05) is 0 Å². The van der Waals surface area contributed by atoms with E-state index in [0.717, 1.165) is 12.1 Å². The minimum absolute atomic E-state index is 0.142. The summed E-state index contributed by atoms with van der Waals surface area (Å²) < 4.78 is 61.8. The van der Waals surface area contributed by atoms with Crippen molar-refractivity contribution in [2.75, 3.05) is 11.9 Å². The van der Waals surface area contributed by atoms with Gasteiger partial charge in [0, 0.05) is 0 Å². The lowest BCUT2D eigenvalue weighted by Gasteiger charge is -2.20. The van der Waals surface area contributed by atoms with Crippen molar-refractivity contribution in [1.29, 1.82) is 0 Å². The molecule has 4 nitrogen and oxygen atoms in total. The molecule has 0 aliphatic heterocycles. The fraction of sp³-hybridized carbons (Fsp3) is 0.188. The number of alkyl halides is 4. The molecule has 0 bridgehead atoms. The lowest BCUT2D eigenvalue weighted by molar-refractivity contribution is -0.198. The molecule has 1 N–H and O–H groups in total. The summed E-state index contributed by atoms with van der Waals surface area (Å²) >= 11 is 4.73. The number of hydrogen-bond donors (Lipinski definition) is 1. The average molecular weight is 378 g/mol. The van der Waals surface area contributed by atoms with Gasteiger partial charge in [0.15, 0.2) is 18.2 Å². The molecular formula is C16H12ClF4NO3. The number of amides is 1. The molecule has 0 fully saturated rings. The molecule has 134 valence electrons. The van der Waals surface area contributed by atoms with Crippen LogP contribution in [0.1, 0.15) is 0 Å². The van der Waals surface area contributed by atoms with Crippen molar-refractivity contribution < 1.29 is 31.8 Å². The molecule has 0 spiro atoms. The van der Waals surface area contributed by atoms with E-state index in [1.165, 1.54) is 36.4 Å². The molecule has 0 aromatic heterocycles. The molecule has 1 amide bonds. The molecule has 0 saturated heterocycles. The van der Waals surface area contributed by atoms with Crippen LogP contribution in [0.3, 0.4) is 0 Å². The molecule has 2 rings (SSSR count). The number of benzene rings is 2. The van der Waals surface area contributed by atoms with Gasteiger partial charge in [0.25, 0.3) is 11.5 Å². The Morgan fingerprint density at radius 1 is 1.12 bits per heavy atom. The highest BCUT2D eigenvalue weighted by atomic mass is 35.5. The third-order valence-corrected chi connectivity index (χ3v) is 3.11. The summed E-state index contributed by atoms with van der Waals surface area (Å²) in [5.74, 6) is -2.05. The Labute approximate surface area is 145 Å². The van der Waals surface area contributed by atoms with Gasteiger partial charge >= 0.3 is 6.11 Å². The van der Waals surface area contributed by atoms with Crippen LogP contribution >= 0.6 is 11.6 Å². The summed E-state index contributed by atoms with van der Waals surface area (Å²) in [7, 11) is 0. The quantitative estimate of drug-likeness (QED) is 0.576. The van der Waals surface area contributed by atoms with Crippen LogP contribution in [0, 0.1) is 5.82 Å². The highest BCUT2D eigenvalue weighted by molar-refractivity contribution is 6.20. The molecule has 25 heavy (non-hydrogen) atoms. The van der Waals surface area contributed by atoms with E-state index in [0.29, 0.717) is 0 Å². The van der Waals surface area contributed by atoms with Gasteiger partial charge in [-0.25, -0.2) is 8.78 Å². The van der Waals surface area contributed by atoms with Gasteiger partial charge in [0.1, 0.15) is 5.75 Å². The lowest BCUT2D eigenvalue weighted by Crippen LogP contribution is -2.33. The third kappa shape index (κ3) is 5.25. The van der Waals surface area contributed by atoms with Crippen molar-refractivity contribution in [3.05, 3.63) is 54.3 Å². The number of anilines is 1.